The molecule has 0 atom stereocenters. The van der Waals surface area contributed by atoms with E-state index in [2.05, 4.69) is 15.9 Å². The van der Waals surface area contributed by atoms with Crippen LogP contribution in [0.25, 0.3) is 10.8 Å². The number of carboxylic acids is 1. The molecule has 0 unspecified atom stereocenters. The zero-order chi connectivity index (χ0) is 11.9. The van der Waals surface area contributed by atoms with Gasteiger partial charge in [0.25, 0.3) is 0 Å². The lowest BCUT2D eigenvalue weighted by molar-refractivity contribution is 0.0699. The molecular weight excluding hydrogens is 274 g/mol. The van der Waals surface area contributed by atoms with Gasteiger partial charge in [-0.15, -0.1) is 0 Å². The van der Waals surface area contributed by atoms with Crippen molar-refractivity contribution in [2.75, 3.05) is 5.73 Å². The summed E-state index contributed by atoms with van der Waals surface area (Å²) in [6, 6.07) is 5.94. The summed E-state index contributed by atoms with van der Waals surface area (Å²) in [5.41, 5.74) is 6.06. The van der Waals surface area contributed by atoms with E-state index < -0.39 is 5.97 Å². The summed E-state index contributed by atoms with van der Waals surface area (Å²) in [5.74, 6) is -0.995. The number of hydrogen-bond acceptors (Lipinski definition) is 3. The van der Waals surface area contributed by atoms with Crippen LogP contribution in [-0.2, 0) is 0 Å². The van der Waals surface area contributed by atoms with Crippen molar-refractivity contribution in [2.24, 2.45) is 0 Å². The molecule has 0 saturated heterocycles. The maximum atomic E-state index is 11.1. The number of nitrogen functional groups attached to an aromatic ring is 1. The molecule has 0 amide bonds. The Morgan fingerprint density at radius 3 is 2.56 bits per heavy atom. The van der Waals surface area contributed by atoms with Gasteiger partial charge in [-0.05, 0) is 45.6 Å². The van der Waals surface area contributed by atoms with Gasteiger partial charge in [0.15, 0.2) is 0 Å². The highest BCUT2D eigenvalue weighted by molar-refractivity contribution is 9.10. The van der Waals surface area contributed by atoms with Crippen LogP contribution >= 0.6 is 15.9 Å². The van der Waals surface area contributed by atoms with Crippen LogP contribution in [0.15, 0.2) is 28.7 Å². The number of aromatic carboxylic acids is 1. The Labute approximate surface area is 99.4 Å². The molecule has 0 spiro atoms. The van der Waals surface area contributed by atoms with Crippen LogP contribution in [0, 0.1) is 0 Å². The number of carbonyl (C=O) groups is 1. The monoisotopic (exact) mass is 281 g/mol. The summed E-state index contributed by atoms with van der Waals surface area (Å²) >= 11 is 3.23. The maximum absolute atomic E-state index is 11.1. The number of rotatable bonds is 1. The van der Waals surface area contributed by atoms with Crippen molar-refractivity contribution in [1.29, 1.82) is 0 Å². The van der Waals surface area contributed by atoms with Gasteiger partial charge in [0.1, 0.15) is 5.75 Å². The van der Waals surface area contributed by atoms with Gasteiger partial charge in [-0.3, -0.25) is 0 Å². The first-order valence-corrected chi connectivity index (χ1v) is 5.23. The number of anilines is 1. The largest absolute Gasteiger partial charge is 0.508 e. The first-order chi connectivity index (χ1) is 7.49. The lowest BCUT2D eigenvalue weighted by Gasteiger charge is -2.07. The van der Waals surface area contributed by atoms with Gasteiger partial charge in [0.2, 0.25) is 0 Å². The Kier molecular flexibility index (Phi) is 2.47. The molecule has 2 aromatic carbocycles. The molecule has 0 fully saturated rings. The highest BCUT2D eigenvalue weighted by atomic mass is 79.9. The molecule has 0 heterocycles. The minimum atomic E-state index is -1.05. The van der Waals surface area contributed by atoms with Gasteiger partial charge < -0.3 is 15.9 Å². The molecular formula is C11H8BrNO3. The van der Waals surface area contributed by atoms with E-state index in [4.69, 9.17) is 10.8 Å². The fourth-order valence-corrected chi connectivity index (χ4v) is 2.32. The fraction of sp³-hybridized carbons (Fsp3) is 0. The maximum Gasteiger partial charge on any atom is 0.336 e. The van der Waals surface area contributed by atoms with Crippen molar-refractivity contribution in [1.82, 2.24) is 0 Å². The van der Waals surface area contributed by atoms with E-state index in [1.54, 1.807) is 6.07 Å². The van der Waals surface area contributed by atoms with E-state index in [0.29, 0.717) is 20.9 Å². The quantitative estimate of drug-likeness (QED) is 0.702. The zero-order valence-corrected chi connectivity index (χ0v) is 9.65. The predicted octanol–water partition coefficient (Wildman–Crippen LogP) is 2.59. The average Bonchev–Trinajstić information content (AvgIpc) is 2.14. The lowest BCUT2D eigenvalue weighted by atomic mass is 10.0. The van der Waals surface area contributed by atoms with E-state index in [1.165, 1.54) is 18.2 Å². The van der Waals surface area contributed by atoms with Crippen molar-refractivity contribution in [3.63, 3.8) is 0 Å². The third kappa shape index (κ3) is 1.69. The van der Waals surface area contributed by atoms with E-state index in [0.717, 1.165) is 0 Å². The van der Waals surface area contributed by atoms with Crippen LogP contribution in [0.2, 0.25) is 0 Å². The number of aromatic hydroxyl groups is 1. The first kappa shape index (κ1) is 10.8. The van der Waals surface area contributed by atoms with Gasteiger partial charge in [0, 0.05) is 15.5 Å². The molecule has 0 aliphatic carbocycles. The first-order valence-electron chi connectivity index (χ1n) is 4.44. The number of phenols is 1. The van der Waals surface area contributed by atoms with Crippen LogP contribution in [0.4, 0.5) is 5.69 Å². The number of nitrogens with two attached hydrogens (primary N) is 1. The van der Waals surface area contributed by atoms with Crippen molar-refractivity contribution in [3.05, 3.63) is 34.3 Å². The molecule has 2 rings (SSSR count). The minimum Gasteiger partial charge on any atom is -0.508 e. The Balaban J connectivity index is 2.95. The van der Waals surface area contributed by atoms with Gasteiger partial charge >= 0.3 is 5.97 Å². The molecule has 5 heteroatoms. The van der Waals surface area contributed by atoms with E-state index >= 15 is 0 Å². The summed E-state index contributed by atoms with van der Waals surface area (Å²) in [6.45, 7) is 0. The second-order valence-corrected chi connectivity index (χ2v) is 4.25. The number of hydrogen-bond donors (Lipinski definition) is 3. The molecule has 0 aliphatic heterocycles. The summed E-state index contributed by atoms with van der Waals surface area (Å²) < 4.78 is 0.528. The average molecular weight is 282 g/mol. The number of benzene rings is 2. The van der Waals surface area contributed by atoms with Gasteiger partial charge in [-0.25, -0.2) is 4.79 Å². The van der Waals surface area contributed by atoms with Crippen molar-refractivity contribution in [3.8, 4) is 5.75 Å². The van der Waals surface area contributed by atoms with E-state index in [9.17, 15) is 9.90 Å². The van der Waals surface area contributed by atoms with Crippen molar-refractivity contribution < 1.29 is 15.0 Å². The molecule has 4 N–H and O–H groups in total. The third-order valence-electron chi connectivity index (χ3n) is 2.24. The molecule has 2 aromatic rings. The number of fused-ring (bicyclic) bond motifs is 1. The summed E-state index contributed by atoms with van der Waals surface area (Å²) in [4.78, 5) is 11.1. The van der Waals surface area contributed by atoms with Gasteiger partial charge in [-0.2, -0.15) is 0 Å². The lowest BCUT2D eigenvalue weighted by Crippen LogP contribution is -2.00. The van der Waals surface area contributed by atoms with Crippen LogP contribution in [0.3, 0.4) is 0 Å². The van der Waals surface area contributed by atoms with Crippen LogP contribution in [0.5, 0.6) is 5.75 Å². The second kappa shape index (κ2) is 3.68. The highest BCUT2D eigenvalue weighted by Crippen LogP contribution is 2.33. The SMILES string of the molecule is Nc1cc(C(=O)O)c2c(Br)cc(O)cc2c1. The van der Waals surface area contributed by atoms with Crippen molar-refractivity contribution >= 4 is 38.4 Å². The molecule has 16 heavy (non-hydrogen) atoms. The highest BCUT2D eigenvalue weighted by Gasteiger charge is 2.13. The van der Waals surface area contributed by atoms with Crippen LogP contribution in [-0.4, -0.2) is 16.2 Å². The molecule has 0 saturated carbocycles. The van der Waals surface area contributed by atoms with E-state index in [-0.39, 0.29) is 11.3 Å². The summed E-state index contributed by atoms with van der Waals surface area (Å²) in [5, 5.41) is 19.6. The Hall–Kier alpha value is -1.75. The topological polar surface area (TPSA) is 83.6 Å². The number of phenolic OH excluding ortho intramolecular Hbond substituents is 1. The molecule has 0 aliphatic rings. The fourth-order valence-electron chi connectivity index (χ4n) is 1.64. The Bertz CT molecular complexity index is 590. The van der Waals surface area contributed by atoms with Crippen molar-refractivity contribution in [2.45, 2.75) is 0 Å². The van der Waals surface area contributed by atoms with E-state index in [1.807, 2.05) is 0 Å². The number of halogens is 1. The molecule has 82 valence electrons. The smallest absolute Gasteiger partial charge is 0.336 e. The molecule has 0 bridgehead atoms. The molecule has 0 aromatic heterocycles. The summed E-state index contributed by atoms with van der Waals surface area (Å²) in [6.07, 6.45) is 0. The van der Waals surface area contributed by atoms with Crippen LogP contribution in [0.1, 0.15) is 10.4 Å². The van der Waals surface area contributed by atoms with Gasteiger partial charge in [-0.1, -0.05) is 0 Å². The van der Waals surface area contributed by atoms with Gasteiger partial charge in [0.05, 0.1) is 5.56 Å². The normalized spacial score (nSPS) is 10.6. The molecule has 4 nitrogen and oxygen atoms in total. The molecule has 0 radical (unpaired) electrons. The minimum absolute atomic E-state index is 0.0568. The standard InChI is InChI=1S/C11H8BrNO3/c12-9-4-7(14)2-5-1-6(13)3-8(10(5)9)11(15)16/h1-4,14H,13H2,(H,15,16). The Morgan fingerprint density at radius 2 is 1.94 bits per heavy atom. The summed E-state index contributed by atoms with van der Waals surface area (Å²) in [7, 11) is 0. The second-order valence-electron chi connectivity index (χ2n) is 3.40. The van der Waals surface area contributed by atoms with Crippen LogP contribution < -0.4 is 5.73 Å². The Morgan fingerprint density at radius 1 is 1.25 bits per heavy atom. The third-order valence-corrected chi connectivity index (χ3v) is 2.86. The number of carboxylic acid groups (broad SMARTS) is 1. The zero-order valence-electron chi connectivity index (χ0n) is 8.07. The predicted molar refractivity (Wildman–Crippen MR) is 64.7 cm³/mol.